The number of nitrogens with zero attached hydrogens (tertiary/aromatic N) is 3. The summed E-state index contributed by atoms with van der Waals surface area (Å²) in [5.41, 5.74) is 1.22. The SMILES string of the molecule is COc1ccc(CNC(=O)c2cnc(Nc3cc(C)on3)nc2)cc1OC. The lowest BCUT2D eigenvalue weighted by atomic mass is 10.2. The van der Waals surface area contributed by atoms with E-state index in [0.29, 0.717) is 41.1 Å². The Hall–Kier alpha value is -3.62. The number of aromatic nitrogens is 3. The summed E-state index contributed by atoms with van der Waals surface area (Å²) in [5, 5.41) is 9.49. The van der Waals surface area contributed by atoms with Crippen LogP contribution < -0.4 is 20.1 Å². The number of carbonyl (C=O) groups is 1. The van der Waals surface area contributed by atoms with Crippen LogP contribution in [-0.2, 0) is 6.54 Å². The molecule has 9 nitrogen and oxygen atoms in total. The summed E-state index contributed by atoms with van der Waals surface area (Å²) in [6, 6.07) is 7.16. The first-order valence-electron chi connectivity index (χ1n) is 8.10. The number of hydrogen-bond acceptors (Lipinski definition) is 8. The maximum atomic E-state index is 12.3. The van der Waals surface area contributed by atoms with Gasteiger partial charge in [0, 0.05) is 25.0 Å². The molecule has 0 unspecified atom stereocenters. The molecule has 0 saturated carbocycles. The summed E-state index contributed by atoms with van der Waals surface area (Å²) in [4.78, 5) is 20.5. The number of carbonyl (C=O) groups excluding carboxylic acids is 1. The maximum Gasteiger partial charge on any atom is 0.254 e. The third-order valence-corrected chi connectivity index (χ3v) is 3.68. The molecule has 27 heavy (non-hydrogen) atoms. The normalized spacial score (nSPS) is 10.3. The Kier molecular flexibility index (Phi) is 5.50. The van der Waals surface area contributed by atoms with Crippen LogP contribution in [-0.4, -0.2) is 35.3 Å². The summed E-state index contributed by atoms with van der Waals surface area (Å²) in [6.07, 6.45) is 2.87. The largest absolute Gasteiger partial charge is 0.493 e. The lowest BCUT2D eigenvalue weighted by Crippen LogP contribution is -2.23. The molecule has 0 aliphatic heterocycles. The van der Waals surface area contributed by atoms with Gasteiger partial charge in [0.15, 0.2) is 17.3 Å². The Balaban J connectivity index is 1.59. The van der Waals surface area contributed by atoms with Gasteiger partial charge in [-0.2, -0.15) is 0 Å². The molecule has 0 bridgehead atoms. The fourth-order valence-corrected chi connectivity index (χ4v) is 2.32. The van der Waals surface area contributed by atoms with Crippen LogP contribution >= 0.6 is 0 Å². The van der Waals surface area contributed by atoms with Crippen molar-refractivity contribution in [3.05, 3.63) is 53.5 Å². The van der Waals surface area contributed by atoms with E-state index in [1.165, 1.54) is 12.4 Å². The van der Waals surface area contributed by atoms with Gasteiger partial charge in [0.25, 0.3) is 5.91 Å². The number of ether oxygens (including phenoxy) is 2. The van der Waals surface area contributed by atoms with E-state index >= 15 is 0 Å². The Morgan fingerprint density at radius 2 is 1.85 bits per heavy atom. The first-order valence-corrected chi connectivity index (χ1v) is 8.10. The van der Waals surface area contributed by atoms with Crippen molar-refractivity contribution < 1.29 is 18.8 Å². The second-order valence-corrected chi connectivity index (χ2v) is 5.62. The molecule has 2 heterocycles. The highest BCUT2D eigenvalue weighted by molar-refractivity contribution is 5.93. The highest BCUT2D eigenvalue weighted by Crippen LogP contribution is 2.27. The van der Waals surface area contributed by atoms with Crippen molar-refractivity contribution in [1.29, 1.82) is 0 Å². The van der Waals surface area contributed by atoms with Crippen LogP contribution in [0.4, 0.5) is 11.8 Å². The predicted molar refractivity (Wildman–Crippen MR) is 97.3 cm³/mol. The molecule has 0 fully saturated rings. The van der Waals surface area contributed by atoms with E-state index in [0.717, 1.165) is 5.56 Å². The van der Waals surface area contributed by atoms with Crippen LogP contribution in [0.5, 0.6) is 11.5 Å². The highest BCUT2D eigenvalue weighted by Gasteiger charge is 2.10. The average molecular weight is 369 g/mol. The zero-order valence-corrected chi connectivity index (χ0v) is 15.1. The number of benzene rings is 1. The lowest BCUT2D eigenvalue weighted by molar-refractivity contribution is 0.0950. The Morgan fingerprint density at radius 3 is 2.48 bits per heavy atom. The predicted octanol–water partition coefficient (Wildman–Crippen LogP) is 2.46. The molecular formula is C18H19N5O4. The fraction of sp³-hybridized carbons (Fsp3) is 0.222. The minimum absolute atomic E-state index is 0.284. The summed E-state index contributed by atoms with van der Waals surface area (Å²) in [7, 11) is 3.13. The first-order chi connectivity index (χ1) is 13.1. The minimum Gasteiger partial charge on any atom is -0.493 e. The van der Waals surface area contributed by atoms with E-state index in [1.807, 2.05) is 12.1 Å². The summed E-state index contributed by atoms with van der Waals surface area (Å²) >= 11 is 0. The standard InChI is InChI=1S/C18H19N5O4/c1-11-6-16(23-27-11)22-18-20-9-13(10-21-18)17(24)19-8-12-4-5-14(25-2)15(7-12)26-3/h4-7,9-10H,8H2,1-3H3,(H,19,24)(H,20,21,22,23). The quantitative estimate of drug-likeness (QED) is 0.653. The van der Waals surface area contributed by atoms with Crippen molar-refractivity contribution in [1.82, 2.24) is 20.4 Å². The van der Waals surface area contributed by atoms with E-state index in [1.54, 1.807) is 33.3 Å². The van der Waals surface area contributed by atoms with Gasteiger partial charge in [0.2, 0.25) is 5.95 Å². The molecule has 0 aliphatic carbocycles. The maximum absolute atomic E-state index is 12.3. The Morgan fingerprint density at radius 1 is 1.11 bits per heavy atom. The smallest absolute Gasteiger partial charge is 0.254 e. The zero-order chi connectivity index (χ0) is 19.2. The van der Waals surface area contributed by atoms with Crippen LogP contribution in [0.3, 0.4) is 0 Å². The van der Waals surface area contributed by atoms with Crippen LogP contribution in [0.15, 0.2) is 41.2 Å². The fourth-order valence-electron chi connectivity index (χ4n) is 2.32. The van der Waals surface area contributed by atoms with E-state index in [-0.39, 0.29) is 5.91 Å². The number of amides is 1. The van der Waals surface area contributed by atoms with Crippen LogP contribution in [0.25, 0.3) is 0 Å². The number of methoxy groups -OCH3 is 2. The van der Waals surface area contributed by atoms with Gasteiger partial charge in [0.1, 0.15) is 5.76 Å². The molecule has 3 rings (SSSR count). The van der Waals surface area contributed by atoms with Gasteiger partial charge in [-0.3, -0.25) is 4.79 Å². The van der Waals surface area contributed by atoms with Gasteiger partial charge >= 0.3 is 0 Å². The topological polar surface area (TPSA) is 111 Å². The van der Waals surface area contributed by atoms with Crippen molar-refractivity contribution in [2.75, 3.05) is 19.5 Å². The molecular weight excluding hydrogens is 350 g/mol. The van der Waals surface area contributed by atoms with Crippen LogP contribution in [0.1, 0.15) is 21.7 Å². The average Bonchev–Trinajstić information content (AvgIpc) is 3.11. The lowest BCUT2D eigenvalue weighted by Gasteiger charge is -2.10. The molecule has 0 spiro atoms. The third-order valence-electron chi connectivity index (χ3n) is 3.68. The Bertz CT molecular complexity index is 924. The van der Waals surface area contributed by atoms with Gasteiger partial charge in [-0.05, 0) is 24.6 Å². The van der Waals surface area contributed by atoms with Crippen molar-refractivity contribution in [3.8, 4) is 11.5 Å². The van der Waals surface area contributed by atoms with Crippen LogP contribution in [0, 0.1) is 6.92 Å². The van der Waals surface area contributed by atoms with Crippen molar-refractivity contribution in [2.24, 2.45) is 0 Å². The first kappa shape index (κ1) is 18.2. The summed E-state index contributed by atoms with van der Waals surface area (Å²) in [6.45, 7) is 2.11. The molecule has 2 N–H and O–H groups in total. The monoisotopic (exact) mass is 369 g/mol. The number of aryl methyl sites for hydroxylation is 1. The minimum atomic E-state index is -0.284. The van der Waals surface area contributed by atoms with Crippen molar-refractivity contribution in [2.45, 2.75) is 13.5 Å². The van der Waals surface area contributed by atoms with Gasteiger partial charge in [-0.25, -0.2) is 9.97 Å². The number of rotatable bonds is 7. The molecule has 0 aliphatic rings. The number of anilines is 2. The number of nitrogens with one attached hydrogen (secondary N) is 2. The summed E-state index contributed by atoms with van der Waals surface area (Å²) < 4.78 is 15.4. The molecule has 9 heteroatoms. The molecule has 140 valence electrons. The van der Waals surface area contributed by atoms with E-state index in [2.05, 4.69) is 25.8 Å². The van der Waals surface area contributed by atoms with Gasteiger partial charge in [-0.1, -0.05) is 11.2 Å². The number of hydrogen-bond donors (Lipinski definition) is 2. The van der Waals surface area contributed by atoms with Crippen LogP contribution in [0.2, 0.25) is 0 Å². The second-order valence-electron chi connectivity index (χ2n) is 5.62. The molecule has 3 aromatic rings. The molecule has 0 radical (unpaired) electrons. The van der Waals surface area contributed by atoms with Crippen molar-refractivity contribution >= 4 is 17.7 Å². The zero-order valence-electron chi connectivity index (χ0n) is 15.1. The molecule has 1 amide bonds. The molecule has 2 aromatic heterocycles. The van der Waals surface area contributed by atoms with Gasteiger partial charge in [0.05, 0.1) is 19.8 Å². The van der Waals surface area contributed by atoms with Crippen molar-refractivity contribution in [3.63, 3.8) is 0 Å². The molecule has 0 saturated heterocycles. The summed E-state index contributed by atoms with van der Waals surface area (Å²) in [5.74, 6) is 2.44. The van der Waals surface area contributed by atoms with Gasteiger partial charge in [-0.15, -0.1) is 0 Å². The Labute approximate surface area is 155 Å². The van der Waals surface area contributed by atoms with E-state index < -0.39 is 0 Å². The molecule has 0 atom stereocenters. The van der Waals surface area contributed by atoms with E-state index in [9.17, 15) is 4.79 Å². The second kappa shape index (κ2) is 8.17. The molecule has 1 aromatic carbocycles. The van der Waals surface area contributed by atoms with E-state index in [4.69, 9.17) is 14.0 Å². The van der Waals surface area contributed by atoms with Gasteiger partial charge < -0.3 is 24.6 Å². The highest BCUT2D eigenvalue weighted by atomic mass is 16.5. The third kappa shape index (κ3) is 4.51.